The summed E-state index contributed by atoms with van der Waals surface area (Å²) < 4.78 is 38.6. The summed E-state index contributed by atoms with van der Waals surface area (Å²) in [6, 6.07) is 6.73. The second-order valence-corrected chi connectivity index (χ2v) is 10.6. The molecule has 3 fully saturated rings. The lowest BCUT2D eigenvalue weighted by atomic mass is 9.79. The Labute approximate surface area is 168 Å². The van der Waals surface area contributed by atoms with E-state index in [1.807, 2.05) is 0 Å². The van der Waals surface area contributed by atoms with Gasteiger partial charge in [0.05, 0.1) is 12.0 Å². The molecule has 0 bridgehead atoms. The minimum atomic E-state index is -3.44. The topological polar surface area (TPSA) is 59.1 Å². The SMILES string of the molecule is COc1ccc(S(=O)(=O)N2CC[C@]3(CCCN(CC4CCOCC4)C3)C2)cc1. The van der Waals surface area contributed by atoms with Gasteiger partial charge >= 0.3 is 0 Å². The molecule has 0 aliphatic carbocycles. The van der Waals surface area contributed by atoms with Crippen molar-refractivity contribution in [2.75, 3.05) is 53.0 Å². The van der Waals surface area contributed by atoms with Crippen LogP contribution >= 0.6 is 0 Å². The van der Waals surface area contributed by atoms with Crippen molar-refractivity contribution >= 4 is 10.0 Å². The second kappa shape index (κ2) is 8.30. The lowest BCUT2D eigenvalue weighted by Gasteiger charge is -2.42. The highest BCUT2D eigenvalue weighted by Crippen LogP contribution is 2.41. The average Bonchev–Trinajstić information content (AvgIpc) is 3.13. The Bertz CT molecular complexity index is 761. The first-order valence-corrected chi connectivity index (χ1v) is 11.9. The number of nitrogens with zero attached hydrogens (tertiary/aromatic N) is 2. The van der Waals surface area contributed by atoms with Gasteiger partial charge in [0.15, 0.2) is 0 Å². The van der Waals surface area contributed by atoms with Crippen LogP contribution in [0.4, 0.5) is 0 Å². The van der Waals surface area contributed by atoms with Crippen molar-refractivity contribution < 1.29 is 17.9 Å². The second-order valence-electron chi connectivity index (χ2n) is 8.66. The van der Waals surface area contributed by atoms with Crippen molar-refractivity contribution in [3.63, 3.8) is 0 Å². The monoisotopic (exact) mass is 408 g/mol. The van der Waals surface area contributed by atoms with Gasteiger partial charge in [-0.05, 0) is 74.2 Å². The predicted molar refractivity (Wildman–Crippen MR) is 108 cm³/mol. The minimum absolute atomic E-state index is 0.114. The van der Waals surface area contributed by atoms with Crippen LogP contribution in [0.15, 0.2) is 29.2 Å². The van der Waals surface area contributed by atoms with E-state index < -0.39 is 10.0 Å². The Balaban J connectivity index is 1.41. The van der Waals surface area contributed by atoms with Crippen LogP contribution in [0.1, 0.15) is 32.1 Å². The summed E-state index contributed by atoms with van der Waals surface area (Å²) in [5.41, 5.74) is 0.114. The third kappa shape index (κ3) is 4.22. The van der Waals surface area contributed by atoms with Crippen molar-refractivity contribution in [1.82, 2.24) is 9.21 Å². The van der Waals surface area contributed by atoms with Crippen molar-refractivity contribution in [2.24, 2.45) is 11.3 Å². The third-order valence-electron chi connectivity index (χ3n) is 6.70. The van der Waals surface area contributed by atoms with Gasteiger partial charge in [-0.25, -0.2) is 8.42 Å². The van der Waals surface area contributed by atoms with E-state index in [1.54, 1.807) is 35.7 Å². The number of likely N-dealkylation sites (tertiary alicyclic amines) is 1. The van der Waals surface area contributed by atoms with Crippen LogP contribution in [0, 0.1) is 11.3 Å². The minimum Gasteiger partial charge on any atom is -0.497 e. The lowest BCUT2D eigenvalue weighted by Crippen LogP contribution is -2.47. The molecule has 3 heterocycles. The third-order valence-corrected chi connectivity index (χ3v) is 8.56. The fourth-order valence-electron chi connectivity index (χ4n) is 5.09. The number of rotatable bonds is 5. The molecular weight excluding hydrogens is 376 g/mol. The van der Waals surface area contributed by atoms with Crippen LogP contribution in [0.25, 0.3) is 0 Å². The van der Waals surface area contributed by atoms with Crippen molar-refractivity contribution in [1.29, 1.82) is 0 Å². The average molecular weight is 409 g/mol. The highest BCUT2D eigenvalue weighted by atomic mass is 32.2. The molecule has 1 aromatic carbocycles. The Morgan fingerprint density at radius 2 is 1.86 bits per heavy atom. The van der Waals surface area contributed by atoms with Gasteiger partial charge in [0.2, 0.25) is 10.0 Å². The van der Waals surface area contributed by atoms with Crippen LogP contribution in [0.3, 0.4) is 0 Å². The first kappa shape index (κ1) is 20.1. The summed E-state index contributed by atoms with van der Waals surface area (Å²) >= 11 is 0. The van der Waals surface area contributed by atoms with Gasteiger partial charge in [0, 0.05) is 39.4 Å². The summed E-state index contributed by atoms with van der Waals surface area (Å²) in [5, 5.41) is 0. The smallest absolute Gasteiger partial charge is 0.243 e. The van der Waals surface area contributed by atoms with Crippen LogP contribution in [0.5, 0.6) is 5.75 Å². The van der Waals surface area contributed by atoms with Gasteiger partial charge in [-0.15, -0.1) is 0 Å². The zero-order valence-electron chi connectivity index (χ0n) is 16.8. The number of hydrogen-bond acceptors (Lipinski definition) is 5. The summed E-state index contributed by atoms with van der Waals surface area (Å²) in [6.45, 7) is 6.35. The van der Waals surface area contributed by atoms with Gasteiger partial charge in [-0.3, -0.25) is 0 Å². The normalized spacial score (nSPS) is 28.0. The van der Waals surface area contributed by atoms with Gasteiger partial charge in [0.1, 0.15) is 5.75 Å². The Morgan fingerprint density at radius 1 is 1.11 bits per heavy atom. The fraction of sp³-hybridized carbons (Fsp3) is 0.714. The quantitative estimate of drug-likeness (QED) is 0.750. The number of ether oxygens (including phenoxy) is 2. The molecule has 1 spiro atoms. The molecule has 0 saturated carbocycles. The van der Waals surface area contributed by atoms with Crippen LogP contribution in [-0.4, -0.2) is 70.7 Å². The molecule has 4 rings (SSSR count). The van der Waals surface area contributed by atoms with Crippen molar-refractivity contribution in [3.05, 3.63) is 24.3 Å². The highest BCUT2D eigenvalue weighted by molar-refractivity contribution is 7.89. The van der Waals surface area contributed by atoms with Crippen molar-refractivity contribution in [2.45, 2.75) is 37.0 Å². The van der Waals surface area contributed by atoms with E-state index in [-0.39, 0.29) is 5.41 Å². The van der Waals surface area contributed by atoms with E-state index >= 15 is 0 Å². The summed E-state index contributed by atoms with van der Waals surface area (Å²) in [6.07, 6.45) is 5.57. The standard InChI is InChI=1S/C21H32N2O4S/c1-26-19-3-5-20(6-4-19)28(24,25)23-12-10-21(17-23)9-2-11-22(16-21)15-18-7-13-27-14-8-18/h3-6,18H,2,7-17H2,1H3/t21-/m0/s1. The van der Waals surface area contributed by atoms with E-state index in [2.05, 4.69) is 4.90 Å². The molecule has 0 N–H and O–H groups in total. The molecule has 3 aliphatic heterocycles. The molecule has 1 atom stereocenters. The van der Waals surface area contributed by atoms with E-state index in [0.717, 1.165) is 64.4 Å². The Hall–Kier alpha value is -1.15. The predicted octanol–water partition coefficient (Wildman–Crippen LogP) is 2.60. The summed E-state index contributed by atoms with van der Waals surface area (Å²) in [7, 11) is -1.85. The molecule has 28 heavy (non-hydrogen) atoms. The maximum atomic E-state index is 13.1. The van der Waals surface area contributed by atoms with Crippen LogP contribution in [0.2, 0.25) is 0 Å². The molecule has 156 valence electrons. The van der Waals surface area contributed by atoms with Crippen LogP contribution in [-0.2, 0) is 14.8 Å². The maximum Gasteiger partial charge on any atom is 0.243 e. The summed E-state index contributed by atoms with van der Waals surface area (Å²) in [4.78, 5) is 2.95. The number of piperidine rings is 1. The number of methoxy groups -OCH3 is 1. The Morgan fingerprint density at radius 3 is 2.57 bits per heavy atom. The zero-order valence-corrected chi connectivity index (χ0v) is 17.6. The number of sulfonamides is 1. The van der Waals surface area contributed by atoms with Crippen molar-refractivity contribution in [3.8, 4) is 5.75 Å². The molecule has 0 amide bonds. The molecular formula is C21H32N2O4S. The maximum absolute atomic E-state index is 13.1. The lowest BCUT2D eigenvalue weighted by molar-refractivity contribution is 0.0327. The van der Waals surface area contributed by atoms with E-state index in [1.165, 1.54) is 6.42 Å². The Kier molecular flexibility index (Phi) is 5.97. The first-order valence-electron chi connectivity index (χ1n) is 10.5. The molecule has 0 unspecified atom stereocenters. The number of benzene rings is 1. The van der Waals surface area contributed by atoms with Gasteiger partial charge in [-0.2, -0.15) is 4.31 Å². The van der Waals surface area contributed by atoms with Gasteiger partial charge in [0.25, 0.3) is 0 Å². The fourth-order valence-corrected chi connectivity index (χ4v) is 6.64. The molecule has 7 heteroatoms. The molecule has 3 saturated heterocycles. The van der Waals surface area contributed by atoms with Gasteiger partial charge < -0.3 is 14.4 Å². The zero-order chi connectivity index (χ0) is 19.6. The molecule has 1 aromatic rings. The van der Waals surface area contributed by atoms with E-state index in [0.29, 0.717) is 23.7 Å². The largest absolute Gasteiger partial charge is 0.497 e. The molecule has 6 nitrogen and oxygen atoms in total. The van der Waals surface area contributed by atoms with E-state index in [9.17, 15) is 8.42 Å². The molecule has 0 radical (unpaired) electrons. The highest BCUT2D eigenvalue weighted by Gasteiger charge is 2.45. The van der Waals surface area contributed by atoms with Crippen LogP contribution < -0.4 is 4.74 Å². The van der Waals surface area contributed by atoms with E-state index in [4.69, 9.17) is 9.47 Å². The molecule has 0 aromatic heterocycles. The number of hydrogen-bond donors (Lipinski definition) is 0. The molecule has 3 aliphatic rings. The first-order chi connectivity index (χ1) is 13.5. The van der Waals surface area contributed by atoms with Gasteiger partial charge in [-0.1, -0.05) is 0 Å². The summed E-state index contributed by atoms with van der Waals surface area (Å²) in [5.74, 6) is 1.40.